The number of anilines is 2. The number of aryl methyl sites for hydroxylation is 2. The van der Waals surface area contributed by atoms with E-state index in [9.17, 15) is 14.4 Å². The summed E-state index contributed by atoms with van der Waals surface area (Å²) in [5, 5.41) is 4.38. The lowest BCUT2D eigenvalue weighted by Gasteiger charge is -2.36. The van der Waals surface area contributed by atoms with Crippen LogP contribution in [0, 0.1) is 18.8 Å². The summed E-state index contributed by atoms with van der Waals surface area (Å²) in [6, 6.07) is 9.07. The molecule has 1 aromatic carbocycles. The zero-order valence-electron chi connectivity index (χ0n) is 28.2. The molecule has 0 unspecified atom stereocenters. The summed E-state index contributed by atoms with van der Waals surface area (Å²) in [4.78, 5) is 50.1. The van der Waals surface area contributed by atoms with Crippen LogP contribution in [0.4, 0.5) is 16.4 Å². The smallest absolute Gasteiger partial charge is 0.410 e. The number of rotatable bonds is 8. The molecule has 254 valence electrons. The summed E-state index contributed by atoms with van der Waals surface area (Å²) in [5.74, 6) is 1.15. The third kappa shape index (κ3) is 6.78. The van der Waals surface area contributed by atoms with Crippen molar-refractivity contribution in [2.45, 2.75) is 52.7 Å². The first kappa shape index (κ1) is 32.8. The normalized spacial score (nSPS) is 18.2. The second kappa shape index (κ2) is 12.8. The number of piperazine rings is 1. The van der Waals surface area contributed by atoms with Gasteiger partial charge in [0.1, 0.15) is 12.1 Å². The number of nitrogen functional groups attached to an aromatic ring is 1. The molecule has 0 radical (unpaired) electrons. The number of hydrogen-bond acceptors (Lipinski definition) is 10. The molecule has 14 nitrogen and oxygen atoms in total. The number of amides is 2. The molecular weight excluding hydrogens is 616 g/mol. The van der Waals surface area contributed by atoms with Gasteiger partial charge in [0, 0.05) is 38.1 Å². The summed E-state index contributed by atoms with van der Waals surface area (Å²) in [6.45, 7) is 9.14. The largest absolute Gasteiger partial charge is 0.477 e. The third-order valence-electron chi connectivity index (χ3n) is 8.71. The zero-order chi connectivity index (χ0) is 34.3. The summed E-state index contributed by atoms with van der Waals surface area (Å²) in [6.07, 6.45) is 3.11. The molecule has 4 heterocycles. The number of esters is 1. The lowest BCUT2D eigenvalue weighted by molar-refractivity contribution is -0.121. The minimum Gasteiger partial charge on any atom is -0.477 e. The maximum Gasteiger partial charge on any atom is 0.410 e. The fourth-order valence-electron chi connectivity index (χ4n) is 6.35. The summed E-state index contributed by atoms with van der Waals surface area (Å²) in [7, 11) is 3.17. The first-order valence-corrected chi connectivity index (χ1v) is 16.1. The fourth-order valence-corrected chi connectivity index (χ4v) is 6.35. The van der Waals surface area contributed by atoms with Crippen molar-refractivity contribution >= 4 is 40.6 Å². The minimum atomic E-state index is -0.630. The molecule has 0 spiro atoms. The standard InChI is InChI=1S/C34H42N8O6/c1-20-11-23(31(44)46-6)14-27(37-20)25-16-36-39(5)30(25)47-19-22-12-21(13-22)17-42-28-15-24(7-8-26(28)38-32(42)35)41-10-9-40(18-29(41)43)33(45)48-34(2,3)4/h7-8,11,14-16,21-22H,9-10,12-13,17-19H2,1-6H3,(H2,35,38). The molecule has 1 aliphatic carbocycles. The van der Waals surface area contributed by atoms with E-state index in [1.54, 1.807) is 48.7 Å². The van der Waals surface area contributed by atoms with Gasteiger partial charge in [-0.25, -0.2) is 19.3 Å². The van der Waals surface area contributed by atoms with E-state index in [1.807, 2.05) is 36.7 Å². The molecule has 1 saturated carbocycles. The average Bonchev–Trinajstić information content (AvgIpc) is 3.53. The van der Waals surface area contributed by atoms with Crippen LogP contribution < -0.4 is 15.4 Å². The molecule has 6 rings (SSSR count). The van der Waals surface area contributed by atoms with Crippen LogP contribution in [0.15, 0.2) is 36.5 Å². The first-order valence-electron chi connectivity index (χ1n) is 16.1. The number of ether oxygens (including phenoxy) is 3. The van der Waals surface area contributed by atoms with E-state index in [2.05, 4.69) is 15.1 Å². The van der Waals surface area contributed by atoms with Crippen LogP contribution in [0.25, 0.3) is 22.3 Å². The summed E-state index contributed by atoms with van der Waals surface area (Å²) in [5.41, 5.74) is 10.5. The van der Waals surface area contributed by atoms with Gasteiger partial charge < -0.3 is 29.4 Å². The molecule has 1 aliphatic heterocycles. The van der Waals surface area contributed by atoms with Crippen LogP contribution in [0.5, 0.6) is 5.88 Å². The number of methoxy groups -OCH3 is 1. The Bertz CT molecular complexity index is 1870. The number of nitrogens with zero attached hydrogens (tertiary/aromatic N) is 7. The molecular formula is C34H42N8O6. The topological polar surface area (TPSA) is 160 Å². The maximum atomic E-state index is 13.1. The predicted molar refractivity (Wildman–Crippen MR) is 179 cm³/mol. The molecule has 3 aromatic heterocycles. The van der Waals surface area contributed by atoms with Crippen LogP contribution in [0.1, 0.15) is 49.7 Å². The number of nitrogens with two attached hydrogens (primary N) is 1. The third-order valence-corrected chi connectivity index (χ3v) is 8.71. The monoisotopic (exact) mass is 658 g/mol. The molecule has 48 heavy (non-hydrogen) atoms. The molecule has 2 N–H and O–H groups in total. The van der Waals surface area contributed by atoms with Crippen LogP contribution >= 0.6 is 0 Å². The Hall–Kier alpha value is -5.14. The van der Waals surface area contributed by atoms with Crippen molar-refractivity contribution in [3.63, 3.8) is 0 Å². The zero-order valence-corrected chi connectivity index (χ0v) is 28.2. The lowest BCUT2D eigenvalue weighted by Crippen LogP contribution is -2.53. The SMILES string of the molecule is COC(=O)c1cc(C)nc(-c2cnn(C)c2OCC2CC(Cn3c(N)nc4ccc(N5CCN(C(=O)OC(C)(C)C)CC5=O)cc43)C2)c1. The van der Waals surface area contributed by atoms with Crippen LogP contribution in [-0.4, -0.2) is 86.1 Å². The van der Waals surface area contributed by atoms with Gasteiger partial charge >= 0.3 is 12.1 Å². The van der Waals surface area contributed by atoms with Gasteiger partial charge in [0.2, 0.25) is 17.7 Å². The van der Waals surface area contributed by atoms with E-state index in [4.69, 9.17) is 19.9 Å². The number of carbonyl (C=O) groups is 3. The van der Waals surface area contributed by atoms with Crippen LogP contribution in [-0.2, 0) is 27.9 Å². The molecule has 14 heteroatoms. The van der Waals surface area contributed by atoms with Crippen molar-refractivity contribution in [1.29, 1.82) is 0 Å². The van der Waals surface area contributed by atoms with Crippen molar-refractivity contribution in [2.75, 3.05) is 44.0 Å². The van der Waals surface area contributed by atoms with Crippen molar-refractivity contribution in [3.05, 3.63) is 47.8 Å². The number of hydrogen-bond donors (Lipinski definition) is 1. The minimum absolute atomic E-state index is 0.0454. The lowest BCUT2D eigenvalue weighted by atomic mass is 9.75. The van der Waals surface area contributed by atoms with E-state index >= 15 is 0 Å². The van der Waals surface area contributed by atoms with Gasteiger partial charge in [-0.15, -0.1) is 0 Å². The highest BCUT2D eigenvalue weighted by Crippen LogP contribution is 2.38. The maximum absolute atomic E-state index is 13.1. The Morgan fingerprint density at radius 1 is 1.06 bits per heavy atom. The highest BCUT2D eigenvalue weighted by molar-refractivity contribution is 5.99. The van der Waals surface area contributed by atoms with E-state index in [1.165, 1.54) is 12.0 Å². The Balaban J connectivity index is 1.08. The quantitative estimate of drug-likeness (QED) is 0.272. The first-order chi connectivity index (χ1) is 22.8. The van der Waals surface area contributed by atoms with Crippen molar-refractivity contribution < 1.29 is 28.6 Å². The van der Waals surface area contributed by atoms with Gasteiger partial charge in [-0.2, -0.15) is 5.10 Å². The second-order valence-electron chi connectivity index (χ2n) is 13.6. The van der Waals surface area contributed by atoms with E-state index < -0.39 is 17.7 Å². The molecule has 1 saturated heterocycles. The molecule has 2 amide bonds. The van der Waals surface area contributed by atoms with Gasteiger partial charge in [-0.1, -0.05) is 0 Å². The number of fused-ring (bicyclic) bond motifs is 1. The molecule has 2 fully saturated rings. The van der Waals surface area contributed by atoms with Crippen molar-refractivity contribution in [3.8, 4) is 17.1 Å². The van der Waals surface area contributed by atoms with Gasteiger partial charge in [-0.3, -0.25) is 14.7 Å². The number of benzene rings is 1. The predicted octanol–water partition coefficient (Wildman–Crippen LogP) is 4.20. The van der Waals surface area contributed by atoms with Gasteiger partial charge in [-0.05, 0) is 82.7 Å². The van der Waals surface area contributed by atoms with Crippen molar-refractivity contribution in [2.24, 2.45) is 18.9 Å². The Morgan fingerprint density at radius 2 is 1.83 bits per heavy atom. The van der Waals surface area contributed by atoms with Gasteiger partial charge in [0.25, 0.3) is 0 Å². The second-order valence-corrected chi connectivity index (χ2v) is 13.6. The number of pyridine rings is 1. The van der Waals surface area contributed by atoms with Gasteiger partial charge in [0.15, 0.2) is 0 Å². The summed E-state index contributed by atoms with van der Waals surface area (Å²) >= 11 is 0. The van der Waals surface area contributed by atoms with Crippen LogP contribution in [0.2, 0.25) is 0 Å². The number of aromatic nitrogens is 5. The highest BCUT2D eigenvalue weighted by atomic mass is 16.6. The van der Waals surface area contributed by atoms with Gasteiger partial charge in [0.05, 0.1) is 47.8 Å². The van der Waals surface area contributed by atoms with E-state index in [0.29, 0.717) is 72.4 Å². The molecule has 0 atom stereocenters. The Morgan fingerprint density at radius 3 is 2.54 bits per heavy atom. The van der Waals surface area contributed by atoms with Crippen LogP contribution in [0.3, 0.4) is 0 Å². The molecule has 4 aromatic rings. The number of imidazole rings is 1. The number of carbonyl (C=O) groups excluding carboxylic acids is 3. The Labute approximate surface area is 278 Å². The highest BCUT2D eigenvalue weighted by Gasteiger charge is 2.33. The fraction of sp³-hybridized carbons (Fsp3) is 0.471. The van der Waals surface area contributed by atoms with E-state index in [0.717, 1.165) is 29.6 Å². The summed E-state index contributed by atoms with van der Waals surface area (Å²) < 4.78 is 20.3. The average molecular weight is 659 g/mol. The van der Waals surface area contributed by atoms with Crippen molar-refractivity contribution in [1.82, 2.24) is 29.2 Å². The Kier molecular flexibility index (Phi) is 8.75. The molecule has 0 bridgehead atoms. The molecule has 2 aliphatic rings. The van der Waals surface area contributed by atoms with E-state index in [-0.39, 0.29) is 12.5 Å².